The van der Waals surface area contributed by atoms with Crippen LogP contribution in [0.1, 0.15) is 59.5 Å². The highest BCUT2D eigenvalue weighted by Crippen LogP contribution is 2.39. The van der Waals surface area contributed by atoms with E-state index in [9.17, 15) is 18.0 Å². The van der Waals surface area contributed by atoms with Crippen LogP contribution in [0.2, 0.25) is 0 Å². The van der Waals surface area contributed by atoms with Crippen LogP contribution in [-0.2, 0) is 12.8 Å². The Balaban J connectivity index is 0.930. The van der Waals surface area contributed by atoms with Crippen LogP contribution in [0.25, 0.3) is 10.9 Å². The van der Waals surface area contributed by atoms with Crippen molar-refractivity contribution in [3.05, 3.63) is 52.7 Å². The lowest BCUT2D eigenvalue weighted by Crippen LogP contribution is -2.53. The van der Waals surface area contributed by atoms with Crippen LogP contribution in [0.5, 0.6) is 0 Å². The zero-order valence-corrected chi connectivity index (χ0v) is 22.9. The molecule has 2 aliphatic heterocycles. The van der Waals surface area contributed by atoms with Gasteiger partial charge in [-0.25, -0.2) is 4.98 Å². The normalized spacial score (nSPS) is 22.9. The average Bonchev–Trinajstić information content (AvgIpc) is 3.19. The maximum atomic E-state index is 13.1. The Labute approximate surface area is 231 Å². The first-order valence-electron chi connectivity index (χ1n) is 14.2. The second-order valence-corrected chi connectivity index (χ2v) is 12.6. The molecule has 1 saturated heterocycles. The summed E-state index contributed by atoms with van der Waals surface area (Å²) in [5.74, 6) is 0.204. The summed E-state index contributed by atoms with van der Waals surface area (Å²) in [6.07, 6.45) is 5.91. The van der Waals surface area contributed by atoms with E-state index in [1.54, 1.807) is 22.4 Å². The van der Waals surface area contributed by atoms with Gasteiger partial charge in [0.05, 0.1) is 17.1 Å². The Bertz CT molecular complexity index is 1280. The van der Waals surface area contributed by atoms with E-state index >= 15 is 0 Å². The fraction of sp³-hybridized carbons (Fsp3) is 0.567. The number of halogens is 3. The molecule has 0 spiro atoms. The highest BCUT2D eigenvalue weighted by molar-refractivity contribution is 7.15. The van der Waals surface area contributed by atoms with Gasteiger partial charge in [-0.05, 0) is 56.2 Å². The number of pyridine rings is 1. The molecule has 0 unspecified atom stereocenters. The summed E-state index contributed by atoms with van der Waals surface area (Å²) in [5.41, 5.74) is 2.76. The molecule has 5 nitrogen and oxygen atoms in total. The summed E-state index contributed by atoms with van der Waals surface area (Å²) >= 11 is 1.59. The van der Waals surface area contributed by atoms with Crippen molar-refractivity contribution >= 4 is 33.2 Å². The van der Waals surface area contributed by atoms with Gasteiger partial charge in [0.15, 0.2) is 10.9 Å². The summed E-state index contributed by atoms with van der Waals surface area (Å²) in [6, 6.07) is 9.70. The SMILES string of the molecule is O=C(CC1CCC(CCN2CCc3nc(N4CC(C(F)(F)F)C4)sc3CC2)CC1)c1cccc2ncccc12. The molecule has 0 radical (unpaired) electrons. The second-order valence-electron chi connectivity index (χ2n) is 11.5. The van der Waals surface area contributed by atoms with Crippen molar-refractivity contribution in [1.29, 1.82) is 0 Å². The summed E-state index contributed by atoms with van der Waals surface area (Å²) in [5, 5.41) is 1.72. The third-order valence-corrected chi connectivity index (χ3v) is 10.2. The number of ketones is 1. The summed E-state index contributed by atoms with van der Waals surface area (Å²) in [7, 11) is 0. The average molecular weight is 557 g/mol. The zero-order valence-electron chi connectivity index (χ0n) is 22.1. The Morgan fingerprint density at radius 1 is 1.00 bits per heavy atom. The van der Waals surface area contributed by atoms with Crippen LogP contribution in [0, 0.1) is 17.8 Å². The van der Waals surface area contributed by atoms with Gasteiger partial charge in [0.1, 0.15) is 0 Å². The van der Waals surface area contributed by atoms with E-state index in [1.807, 2.05) is 30.3 Å². The number of carbonyl (C=O) groups is 1. The van der Waals surface area contributed by atoms with E-state index in [2.05, 4.69) is 9.88 Å². The minimum atomic E-state index is -4.10. The molecule has 2 fully saturated rings. The third kappa shape index (κ3) is 5.99. The van der Waals surface area contributed by atoms with E-state index in [-0.39, 0.29) is 18.9 Å². The second kappa shape index (κ2) is 11.2. The number of nitrogens with zero attached hydrogens (tertiary/aromatic N) is 4. The fourth-order valence-corrected chi connectivity index (χ4v) is 7.52. The third-order valence-electron chi connectivity index (χ3n) is 8.94. The summed E-state index contributed by atoms with van der Waals surface area (Å²) in [6.45, 7) is 3.12. The summed E-state index contributed by atoms with van der Waals surface area (Å²) in [4.78, 5) is 27.8. The number of hydrogen-bond acceptors (Lipinski definition) is 6. The molecule has 0 N–H and O–H groups in total. The molecule has 39 heavy (non-hydrogen) atoms. The van der Waals surface area contributed by atoms with E-state index < -0.39 is 12.1 Å². The molecule has 1 aliphatic carbocycles. The maximum absolute atomic E-state index is 13.1. The molecule has 0 bridgehead atoms. The molecule has 2 aromatic heterocycles. The van der Waals surface area contributed by atoms with Crippen molar-refractivity contribution in [1.82, 2.24) is 14.9 Å². The number of alkyl halides is 3. The number of anilines is 1. The number of fused-ring (bicyclic) bond motifs is 2. The largest absolute Gasteiger partial charge is 0.395 e. The van der Waals surface area contributed by atoms with Gasteiger partial charge in [-0.15, -0.1) is 11.3 Å². The van der Waals surface area contributed by atoms with Crippen LogP contribution < -0.4 is 4.90 Å². The van der Waals surface area contributed by atoms with Gasteiger partial charge in [-0.2, -0.15) is 13.2 Å². The Morgan fingerprint density at radius 2 is 1.77 bits per heavy atom. The minimum absolute atomic E-state index is 0.0407. The van der Waals surface area contributed by atoms with Gasteiger partial charge in [0.25, 0.3) is 0 Å². The predicted molar refractivity (Wildman–Crippen MR) is 148 cm³/mol. The van der Waals surface area contributed by atoms with E-state index in [0.717, 1.165) is 72.6 Å². The lowest BCUT2D eigenvalue weighted by molar-refractivity contribution is -0.180. The molecule has 1 saturated carbocycles. The standard InChI is InChI=1S/C30H35F3N4OS/c31-30(32,33)22-18-37(19-22)29-35-26-11-15-36(16-12-28(26)39-29)14-10-20-6-8-21(9-7-20)17-27(38)24-3-1-5-25-23(24)4-2-13-34-25/h1-5,13,20-22H,6-12,14-19H2. The Hall–Kier alpha value is -2.52. The monoisotopic (exact) mass is 556 g/mol. The highest BCUT2D eigenvalue weighted by atomic mass is 32.1. The lowest BCUT2D eigenvalue weighted by atomic mass is 9.78. The number of hydrogen-bond donors (Lipinski definition) is 0. The van der Waals surface area contributed by atoms with Crippen molar-refractivity contribution in [2.45, 2.75) is 57.5 Å². The first-order chi connectivity index (χ1) is 18.8. The quantitative estimate of drug-likeness (QED) is 0.309. The first-order valence-corrected chi connectivity index (χ1v) is 15.0. The maximum Gasteiger partial charge on any atom is 0.395 e. The van der Waals surface area contributed by atoms with Crippen LogP contribution in [0.3, 0.4) is 0 Å². The smallest absolute Gasteiger partial charge is 0.347 e. The molecule has 9 heteroatoms. The predicted octanol–water partition coefficient (Wildman–Crippen LogP) is 6.56. The highest BCUT2D eigenvalue weighted by Gasteiger charge is 2.48. The van der Waals surface area contributed by atoms with Crippen LogP contribution >= 0.6 is 11.3 Å². The van der Waals surface area contributed by atoms with Crippen molar-refractivity contribution in [3.8, 4) is 0 Å². The van der Waals surface area contributed by atoms with Gasteiger partial charge in [-0.3, -0.25) is 9.78 Å². The van der Waals surface area contributed by atoms with Crippen molar-refractivity contribution in [3.63, 3.8) is 0 Å². The van der Waals surface area contributed by atoms with Crippen molar-refractivity contribution in [2.75, 3.05) is 37.6 Å². The number of carbonyl (C=O) groups excluding carboxylic acids is 1. The van der Waals surface area contributed by atoms with Gasteiger partial charge in [0.2, 0.25) is 0 Å². The van der Waals surface area contributed by atoms with Gasteiger partial charge in [-0.1, -0.05) is 31.0 Å². The van der Waals surface area contributed by atoms with E-state index in [0.29, 0.717) is 18.3 Å². The number of thiazole rings is 1. The van der Waals surface area contributed by atoms with Crippen molar-refractivity contribution in [2.24, 2.45) is 17.8 Å². The summed E-state index contributed by atoms with van der Waals surface area (Å²) < 4.78 is 38.5. The topological polar surface area (TPSA) is 49.3 Å². The first kappa shape index (κ1) is 26.7. The van der Waals surface area contributed by atoms with Crippen LogP contribution in [-0.4, -0.2) is 59.6 Å². The Morgan fingerprint density at radius 3 is 2.56 bits per heavy atom. The number of rotatable bonds is 7. The molecule has 3 aromatic rings. The van der Waals surface area contributed by atoms with Gasteiger partial charge in [0, 0.05) is 61.0 Å². The molecule has 0 amide bonds. The molecule has 6 rings (SSSR count). The van der Waals surface area contributed by atoms with E-state index in [4.69, 9.17) is 4.98 Å². The molecule has 3 aliphatic rings. The Kier molecular flexibility index (Phi) is 7.64. The number of Topliss-reactive ketones (excluding diaryl/α,β-unsaturated/α-hetero) is 1. The molecular formula is C30H35F3N4OS. The molecule has 208 valence electrons. The van der Waals surface area contributed by atoms with Crippen LogP contribution in [0.4, 0.5) is 18.3 Å². The molecular weight excluding hydrogens is 521 g/mol. The fourth-order valence-electron chi connectivity index (χ4n) is 6.40. The molecule has 0 atom stereocenters. The van der Waals surface area contributed by atoms with Gasteiger partial charge < -0.3 is 9.80 Å². The van der Waals surface area contributed by atoms with Crippen molar-refractivity contribution < 1.29 is 18.0 Å². The van der Waals surface area contributed by atoms with Gasteiger partial charge >= 0.3 is 6.18 Å². The van der Waals surface area contributed by atoms with Crippen LogP contribution in [0.15, 0.2) is 36.5 Å². The lowest BCUT2D eigenvalue weighted by Gasteiger charge is -2.39. The number of benzene rings is 1. The zero-order chi connectivity index (χ0) is 27.0. The number of aromatic nitrogens is 2. The molecule has 1 aromatic carbocycles. The minimum Gasteiger partial charge on any atom is -0.347 e. The molecule has 4 heterocycles. The van der Waals surface area contributed by atoms with E-state index in [1.165, 1.54) is 24.1 Å².